The molecule has 0 unspecified atom stereocenters. The minimum absolute atomic E-state index is 0.143. The lowest BCUT2D eigenvalue weighted by atomic mass is 10.1. The Kier molecular flexibility index (Phi) is 4.80. The number of hydrogen-bond donors (Lipinski definition) is 2. The van der Waals surface area contributed by atoms with Gasteiger partial charge in [0.25, 0.3) is 0 Å². The van der Waals surface area contributed by atoms with Crippen molar-refractivity contribution >= 4 is 28.3 Å². The van der Waals surface area contributed by atoms with Gasteiger partial charge in [0.15, 0.2) is 5.13 Å². The highest BCUT2D eigenvalue weighted by molar-refractivity contribution is 7.13. The van der Waals surface area contributed by atoms with Gasteiger partial charge in [0.2, 0.25) is 5.91 Å². The summed E-state index contributed by atoms with van der Waals surface area (Å²) >= 11 is 1.21. The summed E-state index contributed by atoms with van der Waals surface area (Å²) in [5, 5.41) is 13.2. The van der Waals surface area contributed by atoms with E-state index in [-0.39, 0.29) is 18.7 Å². The van der Waals surface area contributed by atoms with Gasteiger partial charge in [0, 0.05) is 12.5 Å². The van der Waals surface area contributed by atoms with Gasteiger partial charge >= 0.3 is 5.97 Å². The number of nitrogens with zero attached hydrogens (tertiary/aromatic N) is 1. The molecule has 6 nitrogen and oxygen atoms in total. The van der Waals surface area contributed by atoms with E-state index in [0.29, 0.717) is 10.8 Å². The monoisotopic (exact) mass is 272 g/mol. The van der Waals surface area contributed by atoms with Gasteiger partial charge in [-0.3, -0.25) is 9.59 Å². The van der Waals surface area contributed by atoms with Gasteiger partial charge in [-0.2, -0.15) is 0 Å². The molecule has 0 saturated carbocycles. The lowest BCUT2D eigenvalue weighted by Crippen LogP contribution is -2.29. The number of aromatic nitrogens is 1. The molecule has 0 aromatic carbocycles. The van der Waals surface area contributed by atoms with Crippen molar-refractivity contribution in [2.75, 3.05) is 12.4 Å². The second-order valence-electron chi connectivity index (χ2n) is 4.40. The Morgan fingerprint density at radius 2 is 2.22 bits per heavy atom. The molecular formula is C11H16N2O4S. The third-order valence-electron chi connectivity index (χ3n) is 2.27. The van der Waals surface area contributed by atoms with Gasteiger partial charge < -0.3 is 15.2 Å². The number of aliphatic carboxylic acids is 1. The van der Waals surface area contributed by atoms with Crippen LogP contribution in [-0.4, -0.2) is 34.7 Å². The van der Waals surface area contributed by atoms with E-state index in [2.05, 4.69) is 10.3 Å². The van der Waals surface area contributed by atoms with Crippen molar-refractivity contribution < 1.29 is 19.4 Å². The largest absolute Gasteiger partial charge is 0.481 e. The smallest absolute Gasteiger partial charge is 0.309 e. The van der Waals surface area contributed by atoms with Crippen LogP contribution >= 0.6 is 11.3 Å². The molecule has 1 rings (SSSR count). The maximum Gasteiger partial charge on any atom is 0.309 e. The van der Waals surface area contributed by atoms with Crippen molar-refractivity contribution in [2.24, 2.45) is 0 Å². The average molecular weight is 272 g/mol. The summed E-state index contributed by atoms with van der Waals surface area (Å²) in [5.74, 6) is -1.16. The highest BCUT2D eigenvalue weighted by atomic mass is 32.1. The van der Waals surface area contributed by atoms with E-state index in [0.717, 1.165) is 0 Å². The van der Waals surface area contributed by atoms with Crippen molar-refractivity contribution in [3.63, 3.8) is 0 Å². The minimum atomic E-state index is -0.946. The fourth-order valence-electron chi connectivity index (χ4n) is 1.22. The highest BCUT2D eigenvalue weighted by Crippen LogP contribution is 2.18. The third-order valence-corrected chi connectivity index (χ3v) is 3.08. The first-order chi connectivity index (χ1) is 8.32. The van der Waals surface area contributed by atoms with Gasteiger partial charge in [0.1, 0.15) is 0 Å². The number of anilines is 1. The SMILES string of the molecule is COC(C)(C)CC(=O)Nc1nc(CC(=O)O)cs1. The van der Waals surface area contributed by atoms with Gasteiger partial charge in [-0.1, -0.05) is 0 Å². The number of rotatable bonds is 6. The summed E-state index contributed by atoms with van der Waals surface area (Å²) in [7, 11) is 1.54. The zero-order valence-electron chi connectivity index (χ0n) is 10.5. The van der Waals surface area contributed by atoms with Crippen LogP contribution in [0, 0.1) is 0 Å². The normalized spacial score (nSPS) is 11.3. The number of nitrogens with one attached hydrogen (secondary N) is 1. The number of carbonyl (C=O) groups excluding carboxylic acids is 1. The van der Waals surface area contributed by atoms with Crippen molar-refractivity contribution in [3.8, 4) is 0 Å². The molecule has 0 fully saturated rings. The van der Waals surface area contributed by atoms with Crippen LogP contribution in [0.4, 0.5) is 5.13 Å². The van der Waals surface area contributed by atoms with Crippen LogP contribution in [0.2, 0.25) is 0 Å². The summed E-state index contributed by atoms with van der Waals surface area (Å²) in [6.45, 7) is 3.62. The zero-order valence-corrected chi connectivity index (χ0v) is 11.3. The minimum Gasteiger partial charge on any atom is -0.481 e. The van der Waals surface area contributed by atoms with Gasteiger partial charge in [-0.25, -0.2) is 4.98 Å². The summed E-state index contributed by atoms with van der Waals surface area (Å²) in [5.41, 5.74) is -0.0978. The Labute approximate surface area is 109 Å². The van der Waals surface area contributed by atoms with Crippen molar-refractivity contribution in [2.45, 2.75) is 32.3 Å². The highest BCUT2D eigenvalue weighted by Gasteiger charge is 2.21. The molecule has 0 aliphatic heterocycles. The predicted octanol–water partition coefficient (Wildman–Crippen LogP) is 1.52. The number of methoxy groups -OCH3 is 1. The molecule has 1 heterocycles. The average Bonchev–Trinajstić information content (AvgIpc) is 2.63. The van der Waals surface area contributed by atoms with Crippen LogP contribution in [0.15, 0.2) is 5.38 Å². The molecule has 0 aliphatic carbocycles. The summed E-state index contributed by atoms with van der Waals surface area (Å²) < 4.78 is 5.15. The maximum atomic E-state index is 11.7. The number of carboxylic acid groups (broad SMARTS) is 1. The molecule has 7 heteroatoms. The van der Waals surface area contributed by atoms with Crippen molar-refractivity contribution in [1.29, 1.82) is 0 Å². The second-order valence-corrected chi connectivity index (χ2v) is 5.26. The quantitative estimate of drug-likeness (QED) is 0.819. The fourth-order valence-corrected chi connectivity index (χ4v) is 1.95. The second kappa shape index (κ2) is 5.92. The molecule has 1 aromatic heterocycles. The first-order valence-electron chi connectivity index (χ1n) is 5.33. The van der Waals surface area contributed by atoms with E-state index >= 15 is 0 Å². The first-order valence-corrected chi connectivity index (χ1v) is 6.21. The predicted molar refractivity (Wildman–Crippen MR) is 67.8 cm³/mol. The molecule has 100 valence electrons. The molecular weight excluding hydrogens is 256 g/mol. The van der Waals surface area contributed by atoms with Crippen LogP contribution in [0.25, 0.3) is 0 Å². The van der Waals surface area contributed by atoms with E-state index in [4.69, 9.17) is 9.84 Å². The molecule has 1 amide bonds. The summed E-state index contributed by atoms with van der Waals surface area (Å²) in [6, 6.07) is 0. The van der Waals surface area contributed by atoms with Crippen LogP contribution in [-0.2, 0) is 20.7 Å². The summed E-state index contributed by atoms with van der Waals surface area (Å²) in [6.07, 6.45) is 0.0628. The Hall–Kier alpha value is -1.47. The number of carbonyl (C=O) groups is 2. The molecule has 1 aromatic rings. The van der Waals surface area contributed by atoms with Crippen LogP contribution in [0.5, 0.6) is 0 Å². The molecule has 0 aliphatic rings. The number of ether oxygens (including phenoxy) is 1. The molecule has 0 radical (unpaired) electrons. The van der Waals surface area contributed by atoms with Crippen LogP contribution < -0.4 is 5.32 Å². The lowest BCUT2D eigenvalue weighted by molar-refractivity contribution is -0.136. The molecule has 0 saturated heterocycles. The maximum absolute atomic E-state index is 11.7. The van der Waals surface area contributed by atoms with Gasteiger partial charge in [-0.05, 0) is 13.8 Å². The molecule has 18 heavy (non-hydrogen) atoms. The standard InChI is InChI=1S/C11H16N2O4S/c1-11(2,17-3)5-8(14)13-10-12-7(6-18-10)4-9(15)16/h6H,4-5H2,1-3H3,(H,15,16)(H,12,13,14). The van der Waals surface area contributed by atoms with Crippen molar-refractivity contribution in [3.05, 3.63) is 11.1 Å². The van der Waals surface area contributed by atoms with E-state index in [1.165, 1.54) is 11.3 Å². The number of hydrogen-bond acceptors (Lipinski definition) is 5. The first kappa shape index (κ1) is 14.6. The van der Waals surface area contributed by atoms with Crippen LogP contribution in [0.3, 0.4) is 0 Å². The van der Waals surface area contributed by atoms with E-state index < -0.39 is 11.6 Å². The molecule has 0 atom stereocenters. The Bertz CT molecular complexity index is 442. The van der Waals surface area contributed by atoms with E-state index in [1.54, 1.807) is 12.5 Å². The fraction of sp³-hybridized carbons (Fsp3) is 0.545. The third kappa shape index (κ3) is 4.80. The van der Waals surface area contributed by atoms with Gasteiger partial charge in [0.05, 0.1) is 24.1 Å². The Balaban J connectivity index is 2.55. The van der Waals surface area contributed by atoms with Crippen molar-refractivity contribution in [1.82, 2.24) is 4.98 Å². The molecule has 0 bridgehead atoms. The molecule has 2 N–H and O–H groups in total. The van der Waals surface area contributed by atoms with Gasteiger partial charge in [-0.15, -0.1) is 11.3 Å². The van der Waals surface area contributed by atoms with E-state index in [9.17, 15) is 9.59 Å². The Morgan fingerprint density at radius 3 is 2.78 bits per heavy atom. The number of thiazole rings is 1. The number of amides is 1. The van der Waals surface area contributed by atoms with Crippen LogP contribution in [0.1, 0.15) is 26.0 Å². The summed E-state index contributed by atoms with van der Waals surface area (Å²) in [4.78, 5) is 26.2. The lowest BCUT2D eigenvalue weighted by Gasteiger charge is -2.21. The number of carboxylic acids is 1. The Morgan fingerprint density at radius 1 is 1.56 bits per heavy atom. The molecule has 0 spiro atoms. The zero-order chi connectivity index (χ0) is 13.8. The van der Waals surface area contributed by atoms with E-state index in [1.807, 2.05) is 13.8 Å². The topological polar surface area (TPSA) is 88.5 Å².